The van der Waals surface area contributed by atoms with Gasteiger partial charge in [0.05, 0.1) is 25.5 Å². The Morgan fingerprint density at radius 2 is 1.97 bits per heavy atom. The van der Waals surface area contributed by atoms with Crippen LogP contribution in [0.5, 0.6) is 17.2 Å². The highest BCUT2D eigenvalue weighted by Gasteiger charge is 2.53. The quantitative estimate of drug-likeness (QED) is 0.784. The van der Waals surface area contributed by atoms with E-state index >= 15 is 0 Å². The van der Waals surface area contributed by atoms with Crippen molar-refractivity contribution < 1.29 is 24.1 Å². The number of ether oxygens (including phenoxy) is 3. The minimum absolute atomic E-state index is 0.00629. The molecule has 8 heteroatoms. The molecule has 0 bridgehead atoms. The first-order chi connectivity index (χ1) is 15.5. The number of likely N-dealkylation sites (tertiary alicyclic amines) is 1. The van der Waals surface area contributed by atoms with Gasteiger partial charge in [-0.15, -0.1) is 0 Å². The maximum atomic E-state index is 12.2. The van der Waals surface area contributed by atoms with Crippen molar-refractivity contribution in [2.24, 2.45) is 5.10 Å². The number of carbonyl (C=O) groups is 1. The predicted octanol–water partition coefficient (Wildman–Crippen LogP) is 3.89. The Bertz CT molecular complexity index is 1040. The van der Waals surface area contributed by atoms with Crippen LogP contribution in [0.2, 0.25) is 0 Å². The third-order valence-electron chi connectivity index (χ3n) is 6.48. The van der Waals surface area contributed by atoms with Crippen molar-refractivity contribution in [1.82, 2.24) is 9.91 Å². The van der Waals surface area contributed by atoms with Gasteiger partial charge in [-0.3, -0.25) is 0 Å². The highest BCUT2D eigenvalue weighted by atomic mass is 16.6. The minimum Gasteiger partial charge on any atom is -0.508 e. The van der Waals surface area contributed by atoms with E-state index < -0.39 is 5.72 Å². The number of piperidine rings is 1. The van der Waals surface area contributed by atoms with Crippen LogP contribution < -0.4 is 9.47 Å². The predicted molar refractivity (Wildman–Crippen MR) is 118 cm³/mol. The number of methoxy groups -OCH3 is 1. The van der Waals surface area contributed by atoms with Gasteiger partial charge in [-0.2, -0.15) is 5.10 Å². The van der Waals surface area contributed by atoms with Gasteiger partial charge in [0.25, 0.3) is 0 Å². The number of phenols is 1. The van der Waals surface area contributed by atoms with Crippen LogP contribution in [-0.2, 0) is 4.74 Å². The van der Waals surface area contributed by atoms with E-state index in [0.717, 1.165) is 29.0 Å². The number of nitrogens with zero attached hydrogens (tertiary/aromatic N) is 3. The summed E-state index contributed by atoms with van der Waals surface area (Å²) in [5.41, 5.74) is 2.29. The number of hydrogen-bond acceptors (Lipinski definition) is 7. The van der Waals surface area contributed by atoms with E-state index in [1.54, 1.807) is 24.1 Å². The van der Waals surface area contributed by atoms with Crippen LogP contribution in [0, 0.1) is 0 Å². The number of hydrogen-bond donors (Lipinski definition) is 1. The Labute approximate surface area is 187 Å². The zero-order valence-electron chi connectivity index (χ0n) is 18.3. The van der Waals surface area contributed by atoms with Crippen LogP contribution in [-0.4, -0.2) is 59.4 Å². The molecule has 3 aliphatic rings. The second-order valence-electron chi connectivity index (χ2n) is 8.27. The average Bonchev–Trinajstić information content (AvgIpc) is 3.27. The van der Waals surface area contributed by atoms with E-state index in [1.807, 2.05) is 31.2 Å². The van der Waals surface area contributed by atoms with Crippen molar-refractivity contribution >= 4 is 11.8 Å². The van der Waals surface area contributed by atoms with E-state index in [9.17, 15) is 9.90 Å². The fourth-order valence-corrected chi connectivity index (χ4v) is 4.84. The summed E-state index contributed by atoms with van der Waals surface area (Å²) in [7, 11) is 1.65. The van der Waals surface area contributed by atoms with E-state index in [1.165, 1.54) is 0 Å². The summed E-state index contributed by atoms with van der Waals surface area (Å²) in [4.78, 5) is 14.0. The molecule has 1 saturated heterocycles. The van der Waals surface area contributed by atoms with E-state index in [0.29, 0.717) is 38.3 Å². The molecule has 8 nitrogen and oxygen atoms in total. The fourth-order valence-electron chi connectivity index (χ4n) is 4.84. The van der Waals surface area contributed by atoms with Gasteiger partial charge in [-0.05, 0) is 42.8 Å². The Morgan fingerprint density at radius 3 is 2.66 bits per heavy atom. The molecule has 2 aromatic rings. The Morgan fingerprint density at radius 1 is 1.22 bits per heavy atom. The SMILES string of the molecule is CCOC(=O)N1CCC2(CC1)Oc1c(OC)cccc1[C@H]1CC(c3ccc(O)cc3)=NN12. The lowest BCUT2D eigenvalue weighted by Gasteiger charge is -2.51. The Kier molecular flexibility index (Phi) is 5.07. The summed E-state index contributed by atoms with van der Waals surface area (Å²) < 4.78 is 17.5. The topological polar surface area (TPSA) is 83.8 Å². The van der Waals surface area contributed by atoms with Gasteiger partial charge in [0.15, 0.2) is 11.5 Å². The number of carbonyl (C=O) groups excluding carboxylic acids is 1. The zero-order valence-corrected chi connectivity index (χ0v) is 18.3. The lowest BCUT2D eigenvalue weighted by Crippen LogP contribution is -2.59. The Balaban J connectivity index is 1.51. The fraction of sp³-hybridized carbons (Fsp3) is 0.417. The second-order valence-corrected chi connectivity index (χ2v) is 8.27. The van der Waals surface area contributed by atoms with E-state index in [-0.39, 0.29) is 17.9 Å². The summed E-state index contributed by atoms with van der Waals surface area (Å²) in [6.45, 7) is 3.22. The Hall–Kier alpha value is -3.42. The lowest BCUT2D eigenvalue weighted by molar-refractivity contribution is -0.148. The third kappa shape index (κ3) is 3.30. The van der Waals surface area contributed by atoms with Crippen LogP contribution in [0.3, 0.4) is 0 Å². The normalized spacial score (nSPS) is 20.8. The summed E-state index contributed by atoms with van der Waals surface area (Å²) in [6, 6.07) is 13.1. The van der Waals surface area contributed by atoms with Crippen LogP contribution in [0.25, 0.3) is 0 Å². The van der Waals surface area contributed by atoms with Crippen molar-refractivity contribution in [1.29, 1.82) is 0 Å². The van der Waals surface area contributed by atoms with Crippen LogP contribution in [0.4, 0.5) is 4.79 Å². The molecule has 3 aliphatic heterocycles. The zero-order chi connectivity index (χ0) is 22.3. The van der Waals surface area contributed by atoms with Gasteiger partial charge >= 0.3 is 6.09 Å². The summed E-state index contributed by atoms with van der Waals surface area (Å²) in [5, 5.41) is 16.8. The van der Waals surface area contributed by atoms with Gasteiger partial charge in [0, 0.05) is 37.9 Å². The van der Waals surface area contributed by atoms with Gasteiger partial charge in [-0.1, -0.05) is 12.1 Å². The molecule has 1 amide bonds. The summed E-state index contributed by atoms with van der Waals surface area (Å²) in [6.07, 6.45) is 1.64. The molecule has 0 unspecified atom stereocenters. The molecule has 0 aromatic heterocycles. The standard InChI is InChI=1S/C24H27N3O5/c1-3-31-23(29)26-13-11-24(12-14-26)27-20(18-5-4-6-21(30-2)22(18)32-24)15-19(25-27)16-7-9-17(28)10-8-16/h4-10,20,28H,3,11-15H2,1-2H3/t20-/m1/s1. The number of phenolic OH excluding ortho intramolecular Hbond substituents is 1. The van der Waals surface area contributed by atoms with Crippen LogP contribution in [0.15, 0.2) is 47.6 Å². The molecule has 168 valence electrons. The number of hydrazone groups is 1. The molecular weight excluding hydrogens is 410 g/mol. The number of aromatic hydroxyl groups is 1. The third-order valence-corrected chi connectivity index (χ3v) is 6.48. The number of para-hydroxylation sites is 1. The monoisotopic (exact) mass is 437 g/mol. The molecule has 0 saturated carbocycles. The molecule has 32 heavy (non-hydrogen) atoms. The molecule has 0 radical (unpaired) electrons. The van der Waals surface area contributed by atoms with Crippen molar-refractivity contribution in [3.63, 3.8) is 0 Å². The first kappa shape index (κ1) is 20.5. The number of fused-ring (bicyclic) bond motifs is 4. The van der Waals surface area contributed by atoms with E-state index in [2.05, 4.69) is 11.1 Å². The molecule has 1 atom stereocenters. The molecule has 1 N–H and O–H groups in total. The number of benzene rings is 2. The van der Waals surface area contributed by atoms with Gasteiger partial charge < -0.3 is 24.2 Å². The van der Waals surface area contributed by atoms with Crippen molar-refractivity contribution in [3.8, 4) is 17.2 Å². The summed E-state index contributed by atoms with van der Waals surface area (Å²) >= 11 is 0. The summed E-state index contributed by atoms with van der Waals surface area (Å²) in [5.74, 6) is 1.68. The van der Waals surface area contributed by atoms with Crippen molar-refractivity contribution in [2.45, 2.75) is 38.0 Å². The van der Waals surface area contributed by atoms with Gasteiger partial charge in [-0.25, -0.2) is 9.80 Å². The first-order valence-electron chi connectivity index (χ1n) is 11.0. The van der Waals surface area contributed by atoms with Gasteiger partial charge in [0.2, 0.25) is 5.72 Å². The maximum Gasteiger partial charge on any atom is 0.409 e. The van der Waals surface area contributed by atoms with Crippen molar-refractivity contribution in [2.75, 3.05) is 26.8 Å². The first-order valence-corrected chi connectivity index (χ1v) is 11.0. The van der Waals surface area contributed by atoms with Crippen molar-refractivity contribution in [3.05, 3.63) is 53.6 Å². The second kappa shape index (κ2) is 7.93. The number of amides is 1. The highest BCUT2D eigenvalue weighted by molar-refractivity contribution is 6.02. The van der Waals surface area contributed by atoms with Crippen LogP contribution in [0.1, 0.15) is 43.4 Å². The smallest absolute Gasteiger partial charge is 0.409 e. The lowest BCUT2D eigenvalue weighted by atomic mass is 9.90. The van der Waals surface area contributed by atoms with E-state index in [4.69, 9.17) is 19.3 Å². The molecule has 2 aromatic carbocycles. The molecule has 0 aliphatic carbocycles. The highest BCUT2D eigenvalue weighted by Crippen LogP contribution is 2.52. The van der Waals surface area contributed by atoms with Crippen LogP contribution >= 0.6 is 0 Å². The maximum absolute atomic E-state index is 12.2. The molecule has 1 spiro atoms. The minimum atomic E-state index is -0.673. The molecule has 5 rings (SSSR count). The molecular formula is C24H27N3O5. The largest absolute Gasteiger partial charge is 0.508 e. The molecule has 1 fully saturated rings. The average molecular weight is 437 g/mol. The molecule has 3 heterocycles. The number of rotatable bonds is 3. The van der Waals surface area contributed by atoms with Gasteiger partial charge in [0.1, 0.15) is 5.75 Å².